The predicted octanol–water partition coefficient (Wildman–Crippen LogP) is 4.32. The van der Waals surface area contributed by atoms with E-state index >= 15 is 0 Å². The molecule has 112 valence electrons. The molecule has 1 saturated heterocycles. The quantitative estimate of drug-likeness (QED) is 0.814. The van der Waals surface area contributed by atoms with Gasteiger partial charge in [0, 0.05) is 30.3 Å². The highest BCUT2D eigenvalue weighted by Crippen LogP contribution is 2.30. The summed E-state index contributed by atoms with van der Waals surface area (Å²) in [5, 5.41) is 4.34. The number of nitrogens with one attached hydrogen (secondary N) is 1. The fourth-order valence-electron chi connectivity index (χ4n) is 3.24. The van der Waals surface area contributed by atoms with E-state index in [0.717, 1.165) is 43.0 Å². The highest BCUT2D eigenvalue weighted by atomic mass is 35.5. The molecule has 0 bridgehead atoms. The van der Waals surface area contributed by atoms with Crippen molar-refractivity contribution in [2.24, 2.45) is 11.8 Å². The monoisotopic (exact) mass is 294 g/mol. The summed E-state index contributed by atoms with van der Waals surface area (Å²) < 4.78 is 0. The maximum Gasteiger partial charge on any atom is 0.0426 e. The molecule has 1 aromatic rings. The second-order valence-corrected chi connectivity index (χ2v) is 6.74. The van der Waals surface area contributed by atoms with Crippen LogP contribution in [0, 0.1) is 11.8 Å². The number of benzene rings is 1. The molecule has 0 amide bonds. The lowest BCUT2D eigenvalue weighted by Gasteiger charge is -2.37. The fourth-order valence-corrected chi connectivity index (χ4v) is 3.41. The maximum atomic E-state index is 6.22. The molecule has 0 aliphatic carbocycles. The van der Waals surface area contributed by atoms with E-state index in [1.165, 1.54) is 24.1 Å². The van der Waals surface area contributed by atoms with Gasteiger partial charge < -0.3 is 10.2 Å². The third-order valence-electron chi connectivity index (χ3n) is 4.00. The molecule has 2 atom stereocenters. The molecule has 2 rings (SSSR count). The summed E-state index contributed by atoms with van der Waals surface area (Å²) >= 11 is 6.22. The van der Waals surface area contributed by atoms with Gasteiger partial charge in [0.15, 0.2) is 0 Å². The number of anilines is 1. The number of hydrogen-bond donors (Lipinski definition) is 1. The van der Waals surface area contributed by atoms with Gasteiger partial charge in [-0.1, -0.05) is 38.4 Å². The molecule has 1 heterocycles. The van der Waals surface area contributed by atoms with E-state index in [1.54, 1.807) is 0 Å². The summed E-state index contributed by atoms with van der Waals surface area (Å²) in [5.41, 5.74) is 2.68. The lowest BCUT2D eigenvalue weighted by Crippen LogP contribution is -2.39. The van der Waals surface area contributed by atoms with Gasteiger partial charge in [-0.25, -0.2) is 0 Å². The SMILES string of the molecule is CCCNCc1ccc(Cl)cc1N1CC(C)CC(C)C1. The summed E-state index contributed by atoms with van der Waals surface area (Å²) in [6.07, 6.45) is 2.50. The molecule has 3 heteroatoms. The molecule has 20 heavy (non-hydrogen) atoms. The van der Waals surface area contributed by atoms with Crippen molar-refractivity contribution in [2.45, 2.75) is 40.2 Å². The third-order valence-corrected chi connectivity index (χ3v) is 4.23. The van der Waals surface area contributed by atoms with Gasteiger partial charge in [0.1, 0.15) is 0 Å². The zero-order valence-electron chi connectivity index (χ0n) is 13.0. The average molecular weight is 295 g/mol. The van der Waals surface area contributed by atoms with Gasteiger partial charge in [0.25, 0.3) is 0 Å². The van der Waals surface area contributed by atoms with E-state index in [1.807, 2.05) is 6.07 Å². The normalized spacial score (nSPS) is 23.1. The minimum Gasteiger partial charge on any atom is -0.371 e. The van der Waals surface area contributed by atoms with E-state index in [-0.39, 0.29) is 0 Å². The fraction of sp³-hybridized carbons (Fsp3) is 0.647. The minimum atomic E-state index is 0.759. The first-order valence-corrected chi connectivity index (χ1v) is 8.22. The van der Waals surface area contributed by atoms with Crippen LogP contribution < -0.4 is 10.2 Å². The molecular formula is C17H27ClN2. The van der Waals surface area contributed by atoms with Crippen molar-refractivity contribution in [3.63, 3.8) is 0 Å². The molecule has 1 N–H and O–H groups in total. The third kappa shape index (κ3) is 4.13. The highest BCUT2D eigenvalue weighted by molar-refractivity contribution is 6.30. The van der Waals surface area contributed by atoms with Gasteiger partial charge in [-0.15, -0.1) is 0 Å². The zero-order chi connectivity index (χ0) is 14.5. The predicted molar refractivity (Wildman–Crippen MR) is 88.6 cm³/mol. The lowest BCUT2D eigenvalue weighted by molar-refractivity contribution is 0.356. The largest absolute Gasteiger partial charge is 0.371 e. The lowest BCUT2D eigenvalue weighted by atomic mass is 9.91. The van der Waals surface area contributed by atoms with Crippen LogP contribution in [-0.4, -0.2) is 19.6 Å². The molecule has 1 aromatic carbocycles. The van der Waals surface area contributed by atoms with E-state index in [0.29, 0.717) is 0 Å². The Morgan fingerprint density at radius 3 is 2.60 bits per heavy atom. The second kappa shape index (κ2) is 7.33. The molecule has 1 aliphatic rings. The van der Waals surface area contributed by atoms with Gasteiger partial charge in [0.2, 0.25) is 0 Å². The van der Waals surface area contributed by atoms with Crippen molar-refractivity contribution in [2.75, 3.05) is 24.5 Å². The van der Waals surface area contributed by atoms with Crippen LogP contribution in [0.4, 0.5) is 5.69 Å². The van der Waals surface area contributed by atoms with Gasteiger partial charge in [-0.05, 0) is 48.9 Å². The van der Waals surface area contributed by atoms with E-state index in [2.05, 4.69) is 43.1 Å². The van der Waals surface area contributed by atoms with Crippen LogP contribution in [0.15, 0.2) is 18.2 Å². The zero-order valence-corrected chi connectivity index (χ0v) is 13.7. The number of halogens is 1. The summed E-state index contributed by atoms with van der Waals surface area (Å²) in [4.78, 5) is 2.52. The van der Waals surface area contributed by atoms with Gasteiger partial charge >= 0.3 is 0 Å². The Morgan fingerprint density at radius 2 is 1.95 bits per heavy atom. The number of piperidine rings is 1. The number of rotatable bonds is 5. The van der Waals surface area contributed by atoms with Crippen molar-refractivity contribution < 1.29 is 0 Å². The standard InChI is InChI=1S/C17H27ClN2/c1-4-7-19-10-15-5-6-16(18)9-17(15)20-11-13(2)8-14(3)12-20/h5-6,9,13-14,19H,4,7-8,10-12H2,1-3H3. The average Bonchev–Trinajstić information content (AvgIpc) is 2.39. The molecular weight excluding hydrogens is 268 g/mol. The first-order valence-electron chi connectivity index (χ1n) is 7.84. The van der Waals surface area contributed by atoms with Gasteiger partial charge in [0.05, 0.1) is 0 Å². The summed E-state index contributed by atoms with van der Waals surface area (Å²) in [7, 11) is 0. The van der Waals surface area contributed by atoms with Crippen molar-refractivity contribution in [1.29, 1.82) is 0 Å². The topological polar surface area (TPSA) is 15.3 Å². The Kier molecular flexibility index (Phi) is 5.74. The van der Waals surface area contributed by atoms with Gasteiger partial charge in [-0.2, -0.15) is 0 Å². The first kappa shape index (κ1) is 15.7. The van der Waals surface area contributed by atoms with Crippen molar-refractivity contribution in [1.82, 2.24) is 5.32 Å². The Balaban J connectivity index is 2.17. The van der Waals surface area contributed by atoms with E-state index in [9.17, 15) is 0 Å². The van der Waals surface area contributed by atoms with Crippen LogP contribution in [-0.2, 0) is 6.54 Å². The Hall–Kier alpha value is -0.730. The number of hydrogen-bond acceptors (Lipinski definition) is 2. The second-order valence-electron chi connectivity index (χ2n) is 6.30. The van der Waals surface area contributed by atoms with E-state index in [4.69, 9.17) is 11.6 Å². The van der Waals surface area contributed by atoms with Crippen LogP contribution in [0.25, 0.3) is 0 Å². The van der Waals surface area contributed by atoms with Crippen molar-refractivity contribution in [3.05, 3.63) is 28.8 Å². The van der Waals surface area contributed by atoms with Crippen LogP contribution in [0.1, 0.15) is 39.2 Å². The van der Waals surface area contributed by atoms with E-state index < -0.39 is 0 Å². The minimum absolute atomic E-state index is 0.759. The molecule has 0 saturated carbocycles. The summed E-state index contributed by atoms with van der Waals surface area (Å²) in [5.74, 6) is 1.52. The first-order chi connectivity index (χ1) is 9.60. The molecule has 0 radical (unpaired) electrons. The van der Waals surface area contributed by atoms with Crippen LogP contribution in [0.3, 0.4) is 0 Å². The van der Waals surface area contributed by atoms with Crippen LogP contribution >= 0.6 is 11.6 Å². The van der Waals surface area contributed by atoms with Gasteiger partial charge in [-0.3, -0.25) is 0 Å². The van der Waals surface area contributed by atoms with Crippen molar-refractivity contribution >= 4 is 17.3 Å². The Bertz CT molecular complexity index is 423. The number of nitrogens with zero attached hydrogens (tertiary/aromatic N) is 1. The molecule has 1 aliphatic heterocycles. The highest BCUT2D eigenvalue weighted by Gasteiger charge is 2.23. The summed E-state index contributed by atoms with van der Waals surface area (Å²) in [6.45, 7) is 11.2. The molecule has 0 aromatic heterocycles. The van der Waals surface area contributed by atoms with Crippen LogP contribution in [0.2, 0.25) is 5.02 Å². The molecule has 2 nitrogen and oxygen atoms in total. The van der Waals surface area contributed by atoms with Crippen molar-refractivity contribution in [3.8, 4) is 0 Å². The summed E-state index contributed by atoms with van der Waals surface area (Å²) in [6, 6.07) is 6.31. The smallest absolute Gasteiger partial charge is 0.0426 e. The molecule has 1 fully saturated rings. The maximum absolute atomic E-state index is 6.22. The molecule has 2 unspecified atom stereocenters. The van der Waals surface area contributed by atoms with Crippen LogP contribution in [0.5, 0.6) is 0 Å². The Morgan fingerprint density at radius 1 is 1.25 bits per heavy atom. The molecule has 0 spiro atoms. The Labute approximate surface area is 128 Å².